The van der Waals surface area contributed by atoms with Crippen LogP contribution >= 0.6 is 0 Å². The molecule has 6 heteroatoms. The molecule has 2 aromatic rings. The average Bonchev–Trinajstić information content (AvgIpc) is 3.00. The molecule has 1 atom stereocenters. The summed E-state index contributed by atoms with van der Waals surface area (Å²) < 4.78 is 19.2. The van der Waals surface area contributed by atoms with Gasteiger partial charge >= 0.3 is 0 Å². The van der Waals surface area contributed by atoms with E-state index in [1.807, 2.05) is 6.07 Å². The molecule has 2 aliphatic rings. The summed E-state index contributed by atoms with van der Waals surface area (Å²) in [5, 5.41) is 9.50. The molecule has 1 saturated heterocycles. The van der Waals surface area contributed by atoms with Gasteiger partial charge in [0, 0.05) is 37.9 Å². The topological polar surface area (TPSA) is 58.5 Å². The van der Waals surface area contributed by atoms with Crippen LogP contribution < -0.4 is 4.74 Å². The molecule has 0 spiro atoms. The highest BCUT2D eigenvalue weighted by Crippen LogP contribution is 2.44. The molecule has 142 valence electrons. The van der Waals surface area contributed by atoms with Crippen LogP contribution in [0.5, 0.6) is 5.88 Å². The highest BCUT2D eigenvalue weighted by Gasteiger charge is 2.30. The minimum absolute atomic E-state index is 0.00246. The van der Waals surface area contributed by atoms with Gasteiger partial charge in [-0.25, -0.2) is 9.37 Å². The molecule has 5 nitrogen and oxygen atoms in total. The SMILES string of the molecule is COc1nccnc1C(C)C1=C(CCN2CC(O)C2)Cc2cc(F)ccc21. The van der Waals surface area contributed by atoms with Gasteiger partial charge in [0.15, 0.2) is 0 Å². The van der Waals surface area contributed by atoms with Gasteiger partial charge in [0.1, 0.15) is 11.5 Å². The van der Waals surface area contributed by atoms with Gasteiger partial charge in [-0.05, 0) is 41.7 Å². The van der Waals surface area contributed by atoms with Crippen LogP contribution in [0.3, 0.4) is 0 Å². The number of aromatic nitrogens is 2. The lowest BCUT2D eigenvalue weighted by molar-refractivity contribution is 0.00307. The fourth-order valence-corrected chi connectivity index (χ4v) is 4.19. The van der Waals surface area contributed by atoms with Crippen molar-refractivity contribution in [2.45, 2.75) is 31.8 Å². The number of hydrogen-bond donors (Lipinski definition) is 1. The van der Waals surface area contributed by atoms with Crippen molar-refractivity contribution < 1.29 is 14.2 Å². The number of methoxy groups -OCH3 is 1. The fraction of sp³-hybridized carbons (Fsp3) is 0.429. The second kappa shape index (κ2) is 7.37. The smallest absolute Gasteiger partial charge is 0.235 e. The van der Waals surface area contributed by atoms with E-state index in [1.165, 1.54) is 17.2 Å². The number of halogens is 1. The third-order valence-electron chi connectivity index (χ3n) is 5.54. The number of ether oxygens (including phenoxy) is 1. The van der Waals surface area contributed by atoms with E-state index < -0.39 is 0 Å². The van der Waals surface area contributed by atoms with E-state index in [4.69, 9.17) is 4.74 Å². The zero-order chi connectivity index (χ0) is 19.0. The predicted molar refractivity (Wildman–Crippen MR) is 101 cm³/mol. The molecule has 1 unspecified atom stereocenters. The number of hydrogen-bond acceptors (Lipinski definition) is 5. The zero-order valence-corrected chi connectivity index (χ0v) is 15.7. The van der Waals surface area contributed by atoms with Crippen LogP contribution in [-0.4, -0.2) is 52.8 Å². The van der Waals surface area contributed by atoms with E-state index in [1.54, 1.807) is 25.6 Å². The highest BCUT2D eigenvalue weighted by molar-refractivity contribution is 5.80. The Kier molecular flexibility index (Phi) is 4.93. The number of allylic oxidation sites excluding steroid dienone is 1. The molecule has 0 saturated carbocycles. The van der Waals surface area contributed by atoms with Gasteiger partial charge in [0.05, 0.1) is 13.2 Å². The summed E-state index contributed by atoms with van der Waals surface area (Å²) in [6, 6.07) is 5.03. The number of fused-ring (bicyclic) bond motifs is 1. The summed E-state index contributed by atoms with van der Waals surface area (Å²) in [5.74, 6) is 0.320. The van der Waals surface area contributed by atoms with Crippen molar-refractivity contribution in [3.05, 3.63) is 58.8 Å². The lowest BCUT2D eigenvalue weighted by atomic mass is 9.89. The number of aliphatic hydroxyl groups is 1. The van der Waals surface area contributed by atoms with Crippen LogP contribution in [0.2, 0.25) is 0 Å². The third kappa shape index (κ3) is 3.47. The van der Waals surface area contributed by atoms with Gasteiger partial charge in [-0.3, -0.25) is 9.88 Å². The summed E-state index contributed by atoms with van der Waals surface area (Å²) in [5.41, 5.74) is 5.42. The summed E-state index contributed by atoms with van der Waals surface area (Å²) in [7, 11) is 1.60. The maximum atomic E-state index is 13.8. The van der Waals surface area contributed by atoms with Gasteiger partial charge in [-0.1, -0.05) is 18.6 Å². The maximum Gasteiger partial charge on any atom is 0.235 e. The quantitative estimate of drug-likeness (QED) is 0.849. The van der Waals surface area contributed by atoms with Crippen molar-refractivity contribution in [1.82, 2.24) is 14.9 Å². The molecule has 1 aromatic carbocycles. The van der Waals surface area contributed by atoms with Crippen LogP contribution in [0.1, 0.15) is 36.1 Å². The van der Waals surface area contributed by atoms with Crippen molar-refractivity contribution in [3.63, 3.8) is 0 Å². The molecule has 2 heterocycles. The first-order valence-electron chi connectivity index (χ1n) is 9.33. The molecule has 0 radical (unpaired) electrons. The van der Waals surface area contributed by atoms with Gasteiger partial charge in [-0.2, -0.15) is 0 Å². The number of rotatable bonds is 6. The molecule has 27 heavy (non-hydrogen) atoms. The summed E-state index contributed by atoms with van der Waals surface area (Å²) >= 11 is 0. The molecule has 4 rings (SSSR count). The first-order valence-corrected chi connectivity index (χ1v) is 9.33. The summed E-state index contributed by atoms with van der Waals surface area (Å²) in [4.78, 5) is 11.0. The van der Waals surface area contributed by atoms with E-state index in [9.17, 15) is 9.50 Å². The molecule has 1 aromatic heterocycles. The minimum atomic E-state index is -0.204. The Morgan fingerprint density at radius 1 is 1.30 bits per heavy atom. The van der Waals surface area contributed by atoms with Crippen molar-refractivity contribution in [2.75, 3.05) is 26.7 Å². The molecular weight excluding hydrogens is 345 g/mol. The lowest BCUT2D eigenvalue weighted by Crippen LogP contribution is -2.50. The number of likely N-dealkylation sites (tertiary alicyclic amines) is 1. The zero-order valence-electron chi connectivity index (χ0n) is 15.7. The number of benzene rings is 1. The molecule has 1 fully saturated rings. The minimum Gasteiger partial charge on any atom is -0.480 e. The normalized spacial score (nSPS) is 18.4. The molecule has 1 aliphatic heterocycles. The number of aliphatic hydroxyl groups excluding tert-OH is 1. The number of β-amino-alcohol motifs (C(OH)–C–C–N with tert-alkyl or cyclic N) is 1. The summed E-state index contributed by atoms with van der Waals surface area (Å²) in [6.45, 7) is 4.47. The van der Waals surface area contributed by atoms with Gasteiger partial charge in [0.2, 0.25) is 5.88 Å². The molecule has 1 aliphatic carbocycles. The van der Waals surface area contributed by atoms with Crippen LogP contribution in [-0.2, 0) is 6.42 Å². The van der Waals surface area contributed by atoms with Crippen LogP contribution in [0.4, 0.5) is 4.39 Å². The standard InChI is InChI=1S/C21H24FN3O2/c1-13(20-21(27-2)24-7-6-23-20)19-14(5-8-25-11-17(26)12-25)9-15-10-16(22)3-4-18(15)19/h3-4,6-7,10,13,17,26H,5,8-9,11-12H2,1-2H3. The number of nitrogens with zero attached hydrogens (tertiary/aromatic N) is 3. The van der Waals surface area contributed by atoms with Gasteiger partial charge in [0.25, 0.3) is 0 Å². The van der Waals surface area contributed by atoms with Crippen molar-refractivity contribution in [2.24, 2.45) is 0 Å². The third-order valence-corrected chi connectivity index (χ3v) is 5.54. The van der Waals surface area contributed by atoms with Crippen LogP contribution in [0.15, 0.2) is 36.2 Å². The molecule has 1 N–H and O–H groups in total. The largest absolute Gasteiger partial charge is 0.480 e. The second-order valence-electron chi connectivity index (χ2n) is 7.33. The van der Waals surface area contributed by atoms with Crippen molar-refractivity contribution >= 4 is 5.57 Å². The first kappa shape index (κ1) is 18.1. The van der Waals surface area contributed by atoms with Crippen LogP contribution in [0, 0.1) is 5.82 Å². The Hall–Kier alpha value is -2.31. The van der Waals surface area contributed by atoms with Gasteiger partial charge < -0.3 is 9.84 Å². The van der Waals surface area contributed by atoms with E-state index in [0.29, 0.717) is 5.88 Å². The second-order valence-corrected chi connectivity index (χ2v) is 7.33. The fourth-order valence-electron chi connectivity index (χ4n) is 4.19. The Labute approximate surface area is 158 Å². The van der Waals surface area contributed by atoms with Crippen LogP contribution in [0.25, 0.3) is 5.57 Å². The Morgan fingerprint density at radius 3 is 2.81 bits per heavy atom. The maximum absolute atomic E-state index is 13.8. The Bertz CT molecular complexity index is 877. The summed E-state index contributed by atoms with van der Waals surface area (Å²) in [6.07, 6.45) is 4.75. The van der Waals surface area contributed by atoms with E-state index in [2.05, 4.69) is 21.8 Å². The van der Waals surface area contributed by atoms with E-state index in [-0.39, 0.29) is 17.8 Å². The molecule has 0 bridgehead atoms. The predicted octanol–water partition coefficient (Wildman–Crippen LogP) is 2.80. The lowest BCUT2D eigenvalue weighted by Gasteiger charge is -2.36. The Balaban J connectivity index is 1.67. The average molecular weight is 369 g/mol. The highest BCUT2D eigenvalue weighted by atomic mass is 19.1. The first-order chi connectivity index (χ1) is 13.1. The van der Waals surface area contributed by atoms with E-state index >= 15 is 0 Å². The van der Waals surface area contributed by atoms with Crippen molar-refractivity contribution in [1.29, 1.82) is 0 Å². The monoisotopic (exact) mass is 369 g/mol. The van der Waals surface area contributed by atoms with Gasteiger partial charge in [-0.15, -0.1) is 0 Å². The van der Waals surface area contributed by atoms with E-state index in [0.717, 1.165) is 49.3 Å². The Morgan fingerprint density at radius 2 is 2.07 bits per heavy atom. The molecule has 0 amide bonds. The molecular formula is C21H24FN3O2. The van der Waals surface area contributed by atoms with Crippen molar-refractivity contribution in [3.8, 4) is 5.88 Å².